The average molecular weight is 395 g/mol. The third-order valence-electron chi connectivity index (χ3n) is 3.71. The highest BCUT2D eigenvalue weighted by molar-refractivity contribution is 7.80. The van der Waals surface area contributed by atoms with Gasteiger partial charge in [-0.3, -0.25) is 4.79 Å². The monoisotopic (exact) mass is 394 g/mol. The highest BCUT2D eigenvalue weighted by Crippen LogP contribution is 2.10. The second kappa shape index (κ2) is 10.8. The van der Waals surface area contributed by atoms with E-state index >= 15 is 0 Å². The number of ether oxygens (including phenoxy) is 1. The largest absolute Gasteiger partial charge is 0.467 e. The van der Waals surface area contributed by atoms with Crippen molar-refractivity contribution < 1.29 is 13.9 Å². The van der Waals surface area contributed by atoms with E-state index in [0.717, 1.165) is 17.2 Å². The number of halogens is 1. The van der Waals surface area contributed by atoms with Gasteiger partial charge in [0.1, 0.15) is 5.76 Å². The lowest BCUT2D eigenvalue weighted by molar-refractivity contribution is -0.143. The van der Waals surface area contributed by atoms with Crippen molar-refractivity contribution in [1.82, 2.24) is 10.2 Å². The standard InChI is InChI=1S/C19H23ClN2O3S/c1-2-24-18(23)10-12-22(14-17-4-3-13-25-17)19(26)21-11-9-15-5-7-16(20)8-6-15/h3-8,13H,2,9-12,14H2,1H3,(H,21,26). The summed E-state index contributed by atoms with van der Waals surface area (Å²) in [5.41, 5.74) is 1.17. The summed E-state index contributed by atoms with van der Waals surface area (Å²) >= 11 is 11.4. The minimum Gasteiger partial charge on any atom is -0.467 e. The molecule has 0 radical (unpaired) electrons. The molecular formula is C19H23ClN2O3S. The Kier molecular flexibility index (Phi) is 8.44. The molecule has 0 bridgehead atoms. The molecule has 7 heteroatoms. The summed E-state index contributed by atoms with van der Waals surface area (Å²) in [5.74, 6) is 0.552. The van der Waals surface area contributed by atoms with Crippen LogP contribution < -0.4 is 5.32 Å². The third kappa shape index (κ3) is 7.06. The molecule has 0 aliphatic rings. The molecule has 1 N–H and O–H groups in total. The molecule has 2 aromatic rings. The van der Waals surface area contributed by atoms with Crippen molar-refractivity contribution in [2.45, 2.75) is 26.3 Å². The molecule has 0 aliphatic heterocycles. The Morgan fingerprint density at radius 1 is 1.31 bits per heavy atom. The SMILES string of the molecule is CCOC(=O)CCN(Cc1ccco1)C(=S)NCCc1ccc(Cl)cc1. The van der Waals surface area contributed by atoms with E-state index < -0.39 is 0 Å². The van der Waals surface area contributed by atoms with Gasteiger partial charge in [0, 0.05) is 18.1 Å². The Labute approximate surface area is 164 Å². The summed E-state index contributed by atoms with van der Waals surface area (Å²) < 4.78 is 10.4. The average Bonchev–Trinajstić information content (AvgIpc) is 3.13. The van der Waals surface area contributed by atoms with Crippen molar-refractivity contribution in [2.24, 2.45) is 0 Å². The third-order valence-corrected chi connectivity index (χ3v) is 4.36. The Morgan fingerprint density at radius 3 is 2.73 bits per heavy atom. The topological polar surface area (TPSA) is 54.7 Å². The first-order chi connectivity index (χ1) is 12.6. The fourth-order valence-electron chi connectivity index (χ4n) is 2.38. The van der Waals surface area contributed by atoms with Gasteiger partial charge in [0.15, 0.2) is 5.11 Å². The van der Waals surface area contributed by atoms with Gasteiger partial charge in [-0.15, -0.1) is 0 Å². The molecule has 1 aromatic heterocycles. The van der Waals surface area contributed by atoms with Gasteiger partial charge in [0.25, 0.3) is 0 Å². The maximum atomic E-state index is 11.7. The molecule has 0 saturated carbocycles. The van der Waals surface area contributed by atoms with Crippen LogP contribution in [0, 0.1) is 0 Å². The molecule has 0 atom stereocenters. The summed E-state index contributed by atoms with van der Waals surface area (Å²) in [6, 6.07) is 11.4. The summed E-state index contributed by atoms with van der Waals surface area (Å²) in [6.07, 6.45) is 2.72. The molecule has 140 valence electrons. The molecule has 5 nitrogen and oxygen atoms in total. The summed E-state index contributed by atoms with van der Waals surface area (Å²) in [6.45, 7) is 3.82. The fraction of sp³-hybridized carbons (Fsp3) is 0.368. The number of hydrogen-bond donors (Lipinski definition) is 1. The van der Waals surface area contributed by atoms with Crippen molar-refractivity contribution >= 4 is 34.9 Å². The van der Waals surface area contributed by atoms with Crippen LogP contribution in [0.15, 0.2) is 47.1 Å². The van der Waals surface area contributed by atoms with Crippen LogP contribution in [0.5, 0.6) is 0 Å². The first-order valence-corrected chi connectivity index (χ1v) is 9.32. The van der Waals surface area contributed by atoms with Crippen LogP contribution in [0.2, 0.25) is 5.02 Å². The van der Waals surface area contributed by atoms with E-state index in [1.807, 2.05) is 41.3 Å². The summed E-state index contributed by atoms with van der Waals surface area (Å²) in [5, 5.41) is 4.55. The van der Waals surface area contributed by atoms with E-state index in [9.17, 15) is 4.79 Å². The van der Waals surface area contributed by atoms with Crippen molar-refractivity contribution in [2.75, 3.05) is 19.7 Å². The molecule has 26 heavy (non-hydrogen) atoms. The number of carbonyl (C=O) groups excluding carboxylic acids is 1. The molecule has 2 rings (SSSR count). The minimum absolute atomic E-state index is 0.235. The van der Waals surface area contributed by atoms with Gasteiger partial charge in [0.2, 0.25) is 0 Å². The van der Waals surface area contributed by atoms with E-state index in [1.165, 1.54) is 5.56 Å². The van der Waals surface area contributed by atoms with Crippen LogP contribution in [-0.4, -0.2) is 35.7 Å². The Hall–Kier alpha value is -2.05. The summed E-state index contributed by atoms with van der Waals surface area (Å²) in [4.78, 5) is 13.6. The number of thiocarbonyl (C=S) groups is 1. The molecule has 0 saturated heterocycles. The Bertz CT molecular complexity index is 689. The van der Waals surface area contributed by atoms with Crippen LogP contribution in [0.1, 0.15) is 24.7 Å². The number of nitrogens with one attached hydrogen (secondary N) is 1. The van der Waals surface area contributed by atoms with E-state index in [4.69, 9.17) is 33.0 Å². The molecule has 0 spiro atoms. The van der Waals surface area contributed by atoms with Gasteiger partial charge in [-0.2, -0.15) is 0 Å². The van der Waals surface area contributed by atoms with E-state index in [-0.39, 0.29) is 12.4 Å². The van der Waals surface area contributed by atoms with Crippen LogP contribution in [0.25, 0.3) is 0 Å². The molecular weight excluding hydrogens is 372 g/mol. The maximum absolute atomic E-state index is 11.7. The Balaban J connectivity index is 1.86. The van der Waals surface area contributed by atoms with Gasteiger partial charge >= 0.3 is 5.97 Å². The van der Waals surface area contributed by atoms with Crippen LogP contribution in [-0.2, 0) is 22.5 Å². The Morgan fingerprint density at radius 2 is 2.08 bits per heavy atom. The van der Waals surface area contributed by atoms with Gasteiger partial charge in [-0.25, -0.2) is 0 Å². The fourth-order valence-corrected chi connectivity index (χ4v) is 2.76. The van der Waals surface area contributed by atoms with E-state index in [1.54, 1.807) is 13.2 Å². The minimum atomic E-state index is -0.235. The maximum Gasteiger partial charge on any atom is 0.307 e. The lowest BCUT2D eigenvalue weighted by Gasteiger charge is -2.24. The van der Waals surface area contributed by atoms with Crippen molar-refractivity contribution in [3.8, 4) is 0 Å². The van der Waals surface area contributed by atoms with Gasteiger partial charge in [-0.1, -0.05) is 23.7 Å². The van der Waals surface area contributed by atoms with Crippen LogP contribution >= 0.6 is 23.8 Å². The van der Waals surface area contributed by atoms with Crippen LogP contribution in [0.3, 0.4) is 0 Å². The predicted octanol–water partition coefficient (Wildman–Crippen LogP) is 3.81. The number of hydrogen-bond acceptors (Lipinski definition) is 4. The van der Waals surface area contributed by atoms with Gasteiger partial charge < -0.3 is 19.4 Å². The van der Waals surface area contributed by atoms with E-state index in [2.05, 4.69) is 5.32 Å². The number of furan rings is 1. The first-order valence-electron chi connectivity index (χ1n) is 8.53. The molecule has 0 fully saturated rings. The van der Waals surface area contributed by atoms with Gasteiger partial charge in [0.05, 0.1) is 25.8 Å². The summed E-state index contributed by atoms with van der Waals surface area (Å²) in [7, 11) is 0. The zero-order valence-corrected chi connectivity index (χ0v) is 16.3. The van der Waals surface area contributed by atoms with E-state index in [0.29, 0.717) is 31.4 Å². The normalized spacial score (nSPS) is 10.4. The second-order valence-electron chi connectivity index (χ2n) is 5.66. The lowest BCUT2D eigenvalue weighted by atomic mass is 10.1. The van der Waals surface area contributed by atoms with Gasteiger partial charge in [-0.05, 0) is 55.4 Å². The number of esters is 1. The number of nitrogens with zero attached hydrogens (tertiary/aromatic N) is 1. The van der Waals surface area contributed by atoms with Crippen molar-refractivity contribution in [1.29, 1.82) is 0 Å². The molecule has 1 aromatic carbocycles. The predicted molar refractivity (Wildman–Crippen MR) is 106 cm³/mol. The zero-order chi connectivity index (χ0) is 18.8. The smallest absolute Gasteiger partial charge is 0.307 e. The molecule has 1 heterocycles. The quantitative estimate of drug-likeness (QED) is 0.515. The highest BCUT2D eigenvalue weighted by Gasteiger charge is 2.14. The lowest BCUT2D eigenvalue weighted by Crippen LogP contribution is -2.41. The molecule has 0 aliphatic carbocycles. The van der Waals surface area contributed by atoms with Crippen molar-refractivity contribution in [3.63, 3.8) is 0 Å². The molecule has 0 unspecified atom stereocenters. The molecule has 0 amide bonds. The number of rotatable bonds is 9. The van der Waals surface area contributed by atoms with Crippen molar-refractivity contribution in [3.05, 3.63) is 59.0 Å². The number of benzene rings is 1. The first kappa shape index (κ1) is 20.3. The number of carbonyl (C=O) groups is 1. The zero-order valence-electron chi connectivity index (χ0n) is 14.7. The second-order valence-corrected chi connectivity index (χ2v) is 6.49. The van der Waals surface area contributed by atoms with Crippen LogP contribution in [0.4, 0.5) is 0 Å². The highest BCUT2D eigenvalue weighted by atomic mass is 35.5.